The number of nitrogens with zero attached hydrogens (tertiary/aromatic N) is 1. The number of carbonyl (C=O) groups is 1. The van der Waals surface area contributed by atoms with Gasteiger partial charge in [-0.15, -0.1) is 0 Å². The van der Waals surface area contributed by atoms with Crippen LogP contribution in [0.25, 0.3) is 0 Å². The van der Waals surface area contributed by atoms with Crippen LogP contribution in [0.15, 0.2) is 4.99 Å². The number of hydrogen-bond acceptors (Lipinski definition) is 3. The van der Waals surface area contributed by atoms with E-state index in [4.69, 9.17) is 0 Å². The van der Waals surface area contributed by atoms with Crippen LogP contribution in [0.3, 0.4) is 0 Å². The van der Waals surface area contributed by atoms with Gasteiger partial charge in [-0.1, -0.05) is 25.6 Å². The van der Waals surface area contributed by atoms with Crippen LogP contribution in [0.2, 0.25) is 0 Å². The number of amides is 1. The molecule has 2 N–H and O–H groups in total. The molecule has 1 atom stereocenters. The van der Waals surface area contributed by atoms with Crippen LogP contribution in [0.5, 0.6) is 0 Å². The Hall–Kier alpha value is -0.710. The summed E-state index contributed by atoms with van der Waals surface area (Å²) in [5, 5.41) is 7.20. The summed E-state index contributed by atoms with van der Waals surface area (Å²) in [6.45, 7) is 7.24. The standard InChI is InChI=1S/C11H21N3OS/c1-8(2)10-4-7-16-11(14-10)13-6-5-12-9(3)15/h8,10H,4-7H2,1-3H3,(H,12,15)(H,13,14). The lowest BCUT2D eigenvalue weighted by molar-refractivity contribution is -0.118. The highest BCUT2D eigenvalue weighted by Gasteiger charge is 2.19. The maximum Gasteiger partial charge on any atom is 0.216 e. The smallest absolute Gasteiger partial charge is 0.216 e. The van der Waals surface area contributed by atoms with Crippen molar-refractivity contribution in [1.29, 1.82) is 0 Å². The predicted octanol–water partition coefficient (Wildman–Crippen LogP) is 1.23. The Labute approximate surface area is 102 Å². The Balaban J connectivity index is 2.29. The molecule has 0 aromatic carbocycles. The predicted molar refractivity (Wildman–Crippen MR) is 69.8 cm³/mol. The van der Waals surface area contributed by atoms with Gasteiger partial charge in [0, 0.05) is 25.3 Å². The molecular weight excluding hydrogens is 222 g/mol. The highest BCUT2D eigenvalue weighted by Crippen LogP contribution is 2.18. The van der Waals surface area contributed by atoms with E-state index in [1.54, 1.807) is 11.8 Å². The molecule has 1 unspecified atom stereocenters. The molecule has 1 aliphatic heterocycles. The van der Waals surface area contributed by atoms with Crippen LogP contribution < -0.4 is 10.6 Å². The molecule has 1 amide bonds. The van der Waals surface area contributed by atoms with Crippen LogP contribution in [0.4, 0.5) is 0 Å². The Bertz CT molecular complexity index is 266. The van der Waals surface area contributed by atoms with Crippen molar-refractivity contribution in [3.8, 4) is 0 Å². The van der Waals surface area contributed by atoms with Gasteiger partial charge < -0.3 is 10.6 Å². The van der Waals surface area contributed by atoms with E-state index in [2.05, 4.69) is 29.5 Å². The van der Waals surface area contributed by atoms with E-state index in [1.165, 1.54) is 13.3 Å². The van der Waals surface area contributed by atoms with Gasteiger partial charge in [0.25, 0.3) is 0 Å². The highest BCUT2D eigenvalue weighted by atomic mass is 32.2. The lowest BCUT2D eigenvalue weighted by atomic mass is 10.0. The minimum absolute atomic E-state index is 0.00418. The maximum absolute atomic E-state index is 10.7. The third-order valence-corrected chi connectivity index (χ3v) is 3.48. The third-order valence-electron chi connectivity index (χ3n) is 2.52. The molecule has 0 aliphatic carbocycles. The largest absolute Gasteiger partial charge is 0.362 e. The number of amidine groups is 1. The van der Waals surface area contributed by atoms with Crippen LogP contribution in [-0.2, 0) is 4.79 Å². The number of hydrogen-bond donors (Lipinski definition) is 2. The van der Waals surface area contributed by atoms with Crippen LogP contribution in [0, 0.1) is 5.92 Å². The first-order valence-corrected chi connectivity index (χ1v) is 6.76. The molecular formula is C11H21N3OS. The van der Waals surface area contributed by atoms with E-state index in [1.807, 2.05) is 0 Å². The molecule has 16 heavy (non-hydrogen) atoms. The van der Waals surface area contributed by atoms with Crippen molar-refractivity contribution in [3.63, 3.8) is 0 Å². The minimum atomic E-state index is 0.00418. The third kappa shape index (κ3) is 4.88. The molecule has 0 bridgehead atoms. The molecule has 1 saturated heterocycles. The van der Waals surface area contributed by atoms with E-state index in [0.717, 1.165) is 10.9 Å². The topological polar surface area (TPSA) is 53.5 Å². The van der Waals surface area contributed by atoms with Gasteiger partial charge in [0.05, 0.1) is 6.54 Å². The van der Waals surface area contributed by atoms with Crippen molar-refractivity contribution in [1.82, 2.24) is 10.6 Å². The van der Waals surface area contributed by atoms with Crippen molar-refractivity contribution in [2.45, 2.75) is 33.2 Å². The molecule has 4 nitrogen and oxygen atoms in total. The van der Waals surface area contributed by atoms with Crippen LogP contribution in [-0.4, -0.2) is 36.0 Å². The van der Waals surface area contributed by atoms with E-state index >= 15 is 0 Å². The zero-order chi connectivity index (χ0) is 12.0. The normalized spacial score (nSPS) is 23.2. The highest BCUT2D eigenvalue weighted by molar-refractivity contribution is 8.13. The average Bonchev–Trinajstić information content (AvgIpc) is 2.24. The molecule has 0 radical (unpaired) electrons. The Morgan fingerprint density at radius 2 is 2.44 bits per heavy atom. The molecule has 0 aromatic heterocycles. The van der Waals surface area contributed by atoms with Gasteiger partial charge in [0.15, 0.2) is 5.17 Å². The summed E-state index contributed by atoms with van der Waals surface area (Å²) in [6, 6.07) is 0.542. The number of thioether (sulfide) groups is 1. The van der Waals surface area contributed by atoms with Gasteiger partial charge in [-0.05, 0) is 12.3 Å². The number of rotatable bonds is 4. The monoisotopic (exact) mass is 243 g/mol. The van der Waals surface area contributed by atoms with Gasteiger partial charge in [0.2, 0.25) is 5.91 Å². The number of carbonyl (C=O) groups excluding carboxylic acids is 1. The minimum Gasteiger partial charge on any atom is -0.362 e. The molecule has 1 rings (SSSR count). The number of aliphatic imine (C=N–C) groups is 1. The summed E-state index contributed by atoms with van der Waals surface area (Å²) in [5.41, 5.74) is 0. The molecule has 5 heteroatoms. The zero-order valence-corrected chi connectivity index (χ0v) is 11.1. The second-order valence-electron chi connectivity index (χ2n) is 4.30. The summed E-state index contributed by atoms with van der Waals surface area (Å²) >= 11 is 1.77. The zero-order valence-electron chi connectivity index (χ0n) is 10.2. The molecule has 1 fully saturated rings. The first-order chi connectivity index (χ1) is 7.59. The molecule has 0 aromatic rings. The van der Waals surface area contributed by atoms with Crippen molar-refractivity contribution in [3.05, 3.63) is 0 Å². The first-order valence-electron chi connectivity index (χ1n) is 5.78. The Kier molecular flexibility index (Phi) is 5.66. The lowest BCUT2D eigenvalue weighted by Gasteiger charge is -2.28. The van der Waals surface area contributed by atoms with Crippen molar-refractivity contribution in [2.75, 3.05) is 18.8 Å². The summed E-state index contributed by atoms with van der Waals surface area (Å²) in [6.07, 6.45) is 1.20. The number of nitrogens with one attached hydrogen (secondary N) is 2. The molecule has 92 valence electrons. The van der Waals surface area contributed by atoms with Gasteiger partial charge in [-0.2, -0.15) is 0 Å². The summed E-state index contributed by atoms with van der Waals surface area (Å²) in [4.78, 5) is 15.1. The van der Waals surface area contributed by atoms with E-state index in [0.29, 0.717) is 25.0 Å². The van der Waals surface area contributed by atoms with E-state index in [9.17, 15) is 4.79 Å². The van der Waals surface area contributed by atoms with E-state index < -0.39 is 0 Å². The summed E-state index contributed by atoms with van der Waals surface area (Å²) < 4.78 is 0. The fourth-order valence-electron chi connectivity index (χ4n) is 1.54. The molecule has 1 heterocycles. The first kappa shape index (κ1) is 13.4. The van der Waals surface area contributed by atoms with Crippen molar-refractivity contribution >= 4 is 22.8 Å². The maximum atomic E-state index is 10.7. The quantitative estimate of drug-likeness (QED) is 0.730. The van der Waals surface area contributed by atoms with Gasteiger partial charge in [-0.3, -0.25) is 9.79 Å². The SMILES string of the molecule is CC(=O)NCCN=C1NC(C(C)C)CCS1. The van der Waals surface area contributed by atoms with Crippen molar-refractivity contribution in [2.24, 2.45) is 10.9 Å². The Morgan fingerprint density at radius 3 is 3.06 bits per heavy atom. The summed E-state index contributed by atoms with van der Waals surface area (Å²) in [7, 11) is 0. The molecule has 1 aliphatic rings. The second kappa shape index (κ2) is 6.78. The van der Waals surface area contributed by atoms with Gasteiger partial charge in [0.1, 0.15) is 0 Å². The van der Waals surface area contributed by atoms with Crippen molar-refractivity contribution < 1.29 is 4.79 Å². The fraction of sp³-hybridized carbons (Fsp3) is 0.818. The Morgan fingerprint density at radius 1 is 1.69 bits per heavy atom. The van der Waals surface area contributed by atoms with Crippen LogP contribution >= 0.6 is 11.8 Å². The molecule has 0 saturated carbocycles. The van der Waals surface area contributed by atoms with E-state index in [-0.39, 0.29) is 5.91 Å². The second-order valence-corrected chi connectivity index (χ2v) is 5.39. The average molecular weight is 243 g/mol. The fourth-order valence-corrected chi connectivity index (χ4v) is 2.52. The summed E-state index contributed by atoms with van der Waals surface area (Å²) in [5.74, 6) is 1.78. The van der Waals surface area contributed by atoms with Gasteiger partial charge in [-0.25, -0.2) is 0 Å². The van der Waals surface area contributed by atoms with Gasteiger partial charge >= 0.3 is 0 Å². The van der Waals surface area contributed by atoms with Crippen LogP contribution in [0.1, 0.15) is 27.2 Å². The molecule has 0 spiro atoms. The lowest BCUT2D eigenvalue weighted by Crippen LogP contribution is -2.41.